The van der Waals surface area contributed by atoms with Crippen molar-refractivity contribution in [2.24, 2.45) is 11.8 Å². The molecule has 7 nitrogen and oxygen atoms in total. The number of carbonyl (C=O) groups is 3. The molecular formula is C28H42N4O3. The number of carbonyl (C=O) groups excluding carboxylic acids is 3. The second kappa shape index (κ2) is 10.3. The summed E-state index contributed by atoms with van der Waals surface area (Å²) in [6, 6.07) is 8.04. The molecule has 2 heterocycles. The molecule has 35 heavy (non-hydrogen) atoms. The Labute approximate surface area is 210 Å². The van der Waals surface area contributed by atoms with E-state index in [0.29, 0.717) is 19.1 Å². The van der Waals surface area contributed by atoms with Gasteiger partial charge in [-0.3, -0.25) is 14.4 Å². The van der Waals surface area contributed by atoms with Crippen LogP contribution in [0.4, 0.5) is 5.69 Å². The van der Waals surface area contributed by atoms with Gasteiger partial charge in [0.05, 0.1) is 5.41 Å². The van der Waals surface area contributed by atoms with Gasteiger partial charge >= 0.3 is 0 Å². The molecule has 2 aliphatic heterocycles. The third-order valence-corrected chi connectivity index (χ3v) is 8.72. The van der Waals surface area contributed by atoms with Gasteiger partial charge in [0.2, 0.25) is 17.7 Å². The lowest BCUT2D eigenvalue weighted by molar-refractivity contribution is -0.139. The molecular weight excluding hydrogens is 440 g/mol. The van der Waals surface area contributed by atoms with Gasteiger partial charge in [-0.25, -0.2) is 0 Å². The molecule has 1 saturated carbocycles. The summed E-state index contributed by atoms with van der Waals surface area (Å²) in [4.78, 5) is 43.8. The first kappa shape index (κ1) is 25.7. The van der Waals surface area contributed by atoms with E-state index in [0.717, 1.165) is 49.8 Å². The number of anilines is 1. The second-order valence-electron chi connectivity index (χ2n) is 11.2. The lowest BCUT2D eigenvalue weighted by Crippen LogP contribution is -2.56. The average molecular weight is 483 g/mol. The van der Waals surface area contributed by atoms with Crippen LogP contribution >= 0.6 is 0 Å². The number of para-hydroxylation sites is 1. The van der Waals surface area contributed by atoms with Crippen molar-refractivity contribution in [1.29, 1.82) is 0 Å². The van der Waals surface area contributed by atoms with Crippen molar-refractivity contribution in [2.45, 2.75) is 89.8 Å². The highest BCUT2D eigenvalue weighted by molar-refractivity contribution is 6.08. The van der Waals surface area contributed by atoms with Crippen molar-refractivity contribution >= 4 is 23.4 Å². The van der Waals surface area contributed by atoms with Gasteiger partial charge in [0.1, 0.15) is 6.04 Å². The standard InChI is InChI=1S/C28H42N4O3/c1-6-18(2)24(30-25(33)19-11-12-20(17-19)29-5)26(34)31-15-13-21(14-16-31)32-23-10-8-7-9-22(23)28(3,4)27(32)35/h7-10,18-21,24,29H,6,11-17H2,1-5H3,(H,30,33)/t18-,19-,20+,24-/m0/s1. The first-order valence-electron chi connectivity index (χ1n) is 13.4. The number of likely N-dealkylation sites (tertiary alicyclic amines) is 1. The summed E-state index contributed by atoms with van der Waals surface area (Å²) < 4.78 is 0. The summed E-state index contributed by atoms with van der Waals surface area (Å²) in [5.41, 5.74) is 1.56. The number of amides is 3. The largest absolute Gasteiger partial charge is 0.344 e. The Balaban J connectivity index is 1.41. The van der Waals surface area contributed by atoms with Crippen LogP contribution in [0.15, 0.2) is 24.3 Å². The number of fused-ring (bicyclic) bond motifs is 1. The molecule has 1 aromatic rings. The van der Waals surface area contributed by atoms with E-state index in [9.17, 15) is 14.4 Å². The van der Waals surface area contributed by atoms with Crippen molar-refractivity contribution in [1.82, 2.24) is 15.5 Å². The Hall–Kier alpha value is -2.41. The zero-order valence-electron chi connectivity index (χ0n) is 22.0. The van der Waals surface area contributed by atoms with Gasteiger partial charge < -0.3 is 20.4 Å². The first-order chi connectivity index (χ1) is 16.7. The van der Waals surface area contributed by atoms with E-state index in [2.05, 4.69) is 23.6 Å². The van der Waals surface area contributed by atoms with Crippen LogP contribution in [0.25, 0.3) is 0 Å². The number of rotatable bonds is 7. The lowest BCUT2D eigenvalue weighted by atomic mass is 9.86. The van der Waals surface area contributed by atoms with E-state index in [4.69, 9.17) is 0 Å². The fourth-order valence-corrected chi connectivity index (χ4v) is 6.08. The number of nitrogens with zero attached hydrogens (tertiary/aromatic N) is 2. The van der Waals surface area contributed by atoms with Gasteiger partial charge in [0.15, 0.2) is 0 Å². The van der Waals surface area contributed by atoms with E-state index in [1.807, 2.05) is 55.8 Å². The molecule has 4 rings (SSSR count). The summed E-state index contributed by atoms with van der Waals surface area (Å²) in [5, 5.41) is 6.40. The van der Waals surface area contributed by atoms with E-state index >= 15 is 0 Å². The quantitative estimate of drug-likeness (QED) is 0.625. The molecule has 1 saturated heterocycles. The molecule has 1 aliphatic carbocycles. The minimum Gasteiger partial charge on any atom is -0.344 e. The van der Waals surface area contributed by atoms with Crippen LogP contribution in [0.1, 0.15) is 71.8 Å². The van der Waals surface area contributed by atoms with Gasteiger partial charge in [-0.15, -0.1) is 0 Å². The fraction of sp³-hybridized carbons (Fsp3) is 0.679. The fourth-order valence-electron chi connectivity index (χ4n) is 6.08. The van der Waals surface area contributed by atoms with Crippen LogP contribution in [0, 0.1) is 11.8 Å². The molecule has 192 valence electrons. The number of piperidine rings is 1. The smallest absolute Gasteiger partial charge is 0.245 e. The Morgan fingerprint density at radius 2 is 1.80 bits per heavy atom. The van der Waals surface area contributed by atoms with Gasteiger partial charge in [0, 0.05) is 36.8 Å². The Bertz CT molecular complexity index is 953. The van der Waals surface area contributed by atoms with Crippen LogP contribution in [-0.2, 0) is 19.8 Å². The molecule has 0 bridgehead atoms. The van der Waals surface area contributed by atoms with Crippen molar-refractivity contribution in [2.75, 3.05) is 25.0 Å². The summed E-state index contributed by atoms with van der Waals surface area (Å²) >= 11 is 0. The van der Waals surface area contributed by atoms with E-state index in [1.54, 1.807) is 0 Å². The third-order valence-electron chi connectivity index (χ3n) is 8.72. The molecule has 7 heteroatoms. The maximum Gasteiger partial charge on any atom is 0.245 e. The maximum atomic E-state index is 13.6. The monoisotopic (exact) mass is 482 g/mol. The minimum absolute atomic E-state index is 0.0118. The molecule has 4 atom stereocenters. The highest BCUT2D eigenvalue weighted by Crippen LogP contribution is 2.43. The Morgan fingerprint density at radius 1 is 1.11 bits per heavy atom. The summed E-state index contributed by atoms with van der Waals surface area (Å²) in [5.74, 6) is 0.214. The molecule has 1 aromatic carbocycles. The van der Waals surface area contributed by atoms with E-state index in [-0.39, 0.29) is 35.6 Å². The van der Waals surface area contributed by atoms with Crippen molar-refractivity contribution in [3.8, 4) is 0 Å². The predicted molar refractivity (Wildman–Crippen MR) is 138 cm³/mol. The van der Waals surface area contributed by atoms with Gasteiger partial charge in [0.25, 0.3) is 0 Å². The van der Waals surface area contributed by atoms with Crippen LogP contribution in [-0.4, -0.2) is 60.9 Å². The lowest BCUT2D eigenvalue weighted by Gasteiger charge is -2.39. The topological polar surface area (TPSA) is 81.8 Å². The van der Waals surface area contributed by atoms with E-state index in [1.165, 1.54) is 0 Å². The zero-order chi connectivity index (χ0) is 25.3. The number of hydrogen-bond donors (Lipinski definition) is 2. The molecule has 0 radical (unpaired) electrons. The van der Waals surface area contributed by atoms with Gasteiger partial charge in [-0.2, -0.15) is 0 Å². The average Bonchev–Trinajstić information content (AvgIpc) is 3.43. The molecule has 3 amide bonds. The first-order valence-corrected chi connectivity index (χ1v) is 13.4. The SMILES string of the molecule is CC[C@H](C)[C@H](NC(=O)[C@H]1CC[C@@H](NC)C1)C(=O)N1CCC(N2C(=O)C(C)(C)c3ccccc32)CC1. The second-order valence-corrected chi connectivity index (χ2v) is 11.2. The Kier molecular flexibility index (Phi) is 7.55. The van der Waals surface area contributed by atoms with E-state index < -0.39 is 11.5 Å². The van der Waals surface area contributed by atoms with Crippen molar-refractivity contribution < 1.29 is 14.4 Å². The maximum absolute atomic E-state index is 13.6. The molecule has 0 spiro atoms. The predicted octanol–water partition coefficient (Wildman–Crippen LogP) is 3.22. The molecule has 3 aliphatic rings. The third kappa shape index (κ3) is 4.84. The molecule has 2 fully saturated rings. The molecule has 2 N–H and O–H groups in total. The van der Waals surface area contributed by atoms with Crippen LogP contribution < -0.4 is 15.5 Å². The van der Waals surface area contributed by atoms with Gasteiger partial charge in [-0.1, -0.05) is 38.5 Å². The Morgan fingerprint density at radius 3 is 2.43 bits per heavy atom. The summed E-state index contributed by atoms with van der Waals surface area (Å²) in [6.45, 7) is 9.30. The highest BCUT2D eigenvalue weighted by Gasteiger charge is 2.47. The molecule has 0 unspecified atom stereocenters. The number of benzene rings is 1. The summed E-state index contributed by atoms with van der Waals surface area (Å²) in [7, 11) is 1.94. The van der Waals surface area contributed by atoms with Gasteiger partial charge in [-0.05, 0) is 70.5 Å². The normalized spacial score (nSPS) is 25.9. The van der Waals surface area contributed by atoms with Crippen LogP contribution in [0.5, 0.6) is 0 Å². The zero-order valence-corrected chi connectivity index (χ0v) is 22.0. The number of hydrogen-bond acceptors (Lipinski definition) is 4. The number of nitrogens with one attached hydrogen (secondary N) is 2. The van der Waals surface area contributed by atoms with Crippen molar-refractivity contribution in [3.63, 3.8) is 0 Å². The minimum atomic E-state index is -0.526. The van der Waals surface area contributed by atoms with Crippen LogP contribution in [0.2, 0.25) is 0 Å². The summed E-state index contributed by atoms with van der Waals surface area (Å²) in [6.07, 6.45) is 5.01. The van der Waals surface area contributed by atoms with Crippen molar-refractivity contribution in [3.05, 3.63) is 29.8 Å². The molecule has 0 aromatic heterocycles. The highest BCUT2D eigenvalue weighted by atomic mass is 16.2. The van der Waals surface area contributed by atoms with Crippen LogP contribution in [0.3, 0.4) is 0 Å².